The number of imidazole rings is 1. The Kier molecular flexibility index (Phi) is 3.02. The number of nitrogens with one attached hydrogen (secondary N) is 1. The van der Waals surface area contributed by atoms with Crippen LogP contribution in [0.25, 0.3) is 0 Å². The molecule has 1 N–H and O–H groups in total. The highest BCUT2D eigenvalue weighted by Gasteiger charge is 2.01. The van der Waals surface area contributed by atoms with E-state index in [0.29, 0.717) is 0 Å². The van der Waals surface area contributed by atoms with Crippen molar-refractivity contribution in [2.45, 2.75) is 19.9 Å². The van der Waals surface area contributed by atoms with E-state index in [1.54, 1.807) is 0 Å². The zero-order valence-electron chi connectivity index (χ0n) is 8.73. The number of H-pyrrole nitrogens is 1. The number of benzene rings is 1. The molecule has 15 heavy (non-hydrogen) atoms. The van der Waals surface area contributed by atoms with Crippen molar-refractivity contribution >= 4 is 12.2 Å². The van der Waals surface area contributed by atoms with E-state index >= 15 is 0 Å². The average molecular weight is 218 g/mol. The lowest BCUT2D eigenvalue weighted by Crippen LogP contribution is -2.03. The average Bonchev–Trinajstić information content (AvgIpc) is 2.62. The monoisotopic (exact) mass is 218 g/mol. The van der Waals surface area contributed by atoms with Crippen molar-refractivity contribution in [3.63, 3.8) is 0 Å². The van der Waals surface area contributed by atoms with Gasteiger partial charge in [-0.1, -0.05) is 37.3 Å². The number of hydrogen-bond acceptors (Lipinski definition) is 1. The summed E-state index contributed by atoms with van der Waals surface area (Å²) < 4.78 is 2.95. The summed E-state index contributed by atoms with van der Waals surface area (Å²) in [5.41, 5.74) is 2.53. The Bertz CT molecular complexity index is 482. The fraction of sp³-hybridized carbons (Fsp3) is 0.250. The zero-order chi connectivity index (χ0) is 10.7. The van der Waals surface area contributed by atoms with Crippen LogP contribution in [0.2, 0.25) is 0 Å². The molecule has 0 aliphatic rings. The second-order valence-electron chi connectivity index (χ2n) is 3.51. The SMILES string of the molecule is CCc1c[nH]c(=S)n1Cc1ccccc1. The van der Waals surface area contributed by atoms with Crippen LogP contribution >= 0.6 is 12.2 Å². The van der Waals surface area contributed by atoms with Crippen LogP contribution in [0.1, 0.15) is 18.2 Å². The maximum Gasteiger partial charge on any atom is 0.177 e. The molecule has 1 heterocycles. The summed E-state index contributed by atoms with van der Waals surface area (Å²) in [5, 5.41) is 0. The zero-order valence-corrected chi connectivity index (χ0v) is 9.55. The molecule has 0 radical (unpaired) electrons. The Morgan fingerprint density at radius 1 is 1.27 bits per heavy atom. The predicted molar refractivity (Wildman–Crippen MR) is 64.5 cm³/mol. The van der Waals surface area contributed by atoms with Gasteiger partial charge in [-0.3, -0.25) is 0 Å². The van der Waals surface area contributed by atoms with Crippen molar-refractivity contribution in [2.24, 2.45) is 0 Å². The van der Waals surface area contributed by atoms with Crippen LogP contribution in [0.4, 0.5) is 0 Å². The maximum atomic E-state index is 5.25. The summed E-state index contributed by atoms with van der Waals surface area (Å²) >= 11 is 5.25. The summed E-state index contributed by atoms with van der Waals surface area (Å²) in [7, 11) is 0. The molecule has 2 nitrogen and oxygen atoms in total. The van der Waals surface area contributed by atoms with Gasteiger partial charge >= 0.3 is 0 Å². The standard InChI is InChI=1S/C12H14N2S/c1-2-11-8-13-12(15)14(11)9-10-6-4-3-5-7-10/h3-8H,2,9H2,1H3,(H,13,15). The van der Waals surface area contributed by atoms with Gasteiger partial charge in [-0.15, -0.1) is 0 Å². The first-order valence-electron chi connectivity index (χ1n) is 5.12. The lowest BCUT2D eigenvalue weighted by Gasteiger charge is -2.06. The molecule has 0 bridgehead atoms. The van der Waals surface area contributed by atoms with Crippen LogP contribution in [-0.4, -0.2) is 9.55 Å². The lowest BCUT2D eigenvalue weighted by molar-refractivity contribution is 0.736. The fourth-order valence-corrected chi connectivity index (χ4v) is 1.90. The maximum absolute atomic E-state index is 5.25. The van der Waals surface area contributed by atoms with Gasteiger partial charge in [-0.2, -0.15) is 0 Å². The summed E-state index contributed by atoms with van der Waals surface area (Å²) in [5.74, 6) is 0. The quantitative estimate of drug-likeness (QED) is 0.785. The summed E-state index contributed by atoms with van der Waals surface area (Å²) in [4.78, 5) is 3.09. The van der Waals surface area contributed by atoms with E-state index in [4.69, 9.17) is 12.2 Å². The Hall–Kier alpha value is -1.35. The highest BCUT2D eigenvalue weighted by molar-refractivity contribution is 7.71. The molecule has 0 aliphatic carbocycles. The third-order valence-electron chi connectivity index (χ3n) is 2.50. The van der Waals surface area contributed by atoms with E-state index in [9.17, 15) is 0 Å². The van der Waals surface area contributed by atoms with Gasteiger partial charge in [0.2, 0.25) is 0 Å². The normalized spacial score (nSPS) is 10.5. The highest BCUT2D eigenvalue weighted by atomic mass is 32.1. The van der Waals surface area contributed by atoms with E-state index in [2.05, 4.69) is 40.7 Å². The van der Waals surface area contributed by atoms with Gasteiger partial charge < -0.3 is 9.55 Å². The third kappa shape index (κ3) is 2.18. The summed E-state index contributed by atoms with van der Waals surface area (Å²) in [6.07, 6.45) is 2.99. The van der Waals surface area contributed by atoms with E-state index in [1.165, 1.54) is 11.3 Å². The Balaban J connectivity index is 2.32. The van der Waals surface area contributed by atoms with E-state index in [1.807, 2.05) is 12.3 Å². The first-order valence-corrected chi connectivity index (χ1v) is 5.53. The molecule has 0 saturated carbocycles. The second-order valence-corrected chi connectivity index (χ2v) is 3.90. The molecule has 0 spiro atoms. The predicted octanol–water partition coefficient (Wildman–Crippen LogP) is 3.16. The van der Waals surface area contributed by atoms with Crippen LogP contribution < -0.4 is 0 Å². The molecule has 0 aliphatic heterocycles. The largest absolute Gasteiger partial charge is 0.337 e. The first-order chi connectivity index (χ1) is 7.31. The molecule has 0 fully saturated rings. The number of aromatic amines is 1. The molecule has 0 unspecified atom stereocenters. The van der Waals surface area contributed by atoms with Gasteiger partial charge in [0, 0.05) is 11.9 Å². The molecular formula is C12H14N2S. The minimum Gasteiger partial charge on any atom is -0.337 e. The van der Waals surface area contributed by atoms with Crippen LogP contribution in [0, 0.1) is 4.77 Å². The first kappa shape index (κ1) is 10.2. The molecule has 1 aromatic carbocycles. The van der Waals surface area contributed by atoms with E-state index in [0.717, 1.165) is 17.7 Å². The number of hydrogen-bond donors (Lipinski definition) is 1. The van der Waals surface area contributed by atoms with Crippen LogP contribution in [0.3, 0.4) is 0 Å². The van der Waals surface area contributed by atoms with Gasteiger partial charge in [-0.25, -0.2) is 0 Å². The fourth-order valence-electron chi connectivity index (χ4n) is 1.66. The Morgan fingerprint density at radius 2 is 2.00 bits per heavy atom. The topological polar surface area (TPSA) is 20.7 Å². The van der Waals surface area contributed by atoms with Crippen LogP contribution in [0.5, 0.6) is 0 Å². The van der Waals surface area contributed by atoms with Crippen molar-refractivity contribution in [2.75, 3.05) is 0 Å². The molecular weight excluding hydrogens is 204 g/mol. The third-order valence-corrected chi connectivity index (χ3v) is 2.84. The van der Waals surface area contributed by atoms with Crippen molar-refractivity contribution in [3.05, 3.63) is 52.6 Å². The number of aromatic nitrogens is 2. The summed E-state index contributed by atoms with van der Waals surface area (Å²) in [6, 6.07) is 10.4. The number of rotatable bonds is 3. The van der Waals surface area contributed by atoms with Crippen molar-refractivity contribution in [1.82, 2.24) is 9.55 Å². The van der Waals surface area contributed by atoms with Gasteiger partial charge in [0.15, 0.2) is 4.77 Å². The van der Waals surface area contributed by atoms with E-state index < -0.39 is 0 Å². The minimum absolute atomic E-state index is 0.802. The van der Waals surface area contributed by atoms with Crippen molar-refractivity contribution in [1.29, 1.82) is 0 Å². The van der Waals surface area contributed by atoms with Gasteiger partial charge in [0.25, 0.3) is 0 Å². The summed E-state index contributed by atoms with van der Waals surface area (Å²) in [6.45, 7) is 2.99. The van der Waals surface area contributed by atoms with Crippen LogP contribution in [0.15, 0.2) is 36.5 Å². The molecule has 2 aromatic rings. The molecule has 0 atom stereocenters. The minimum atomic E-state index is 0.802. The van der Waals surface area contributed by atoms with E-state index in [-0.39, 0.29) is 0 Å². The van der Waals surface area contributed by atoms with Gasteiger partial charge in [0.1, 0.15) is 0 Å². The lowest BCUT2D eigenvalue weighted by atomic mass is 10.2. The molecule has 2 rings (SSSR count). The van der Waals surface area contributed by atoms with Gasteiger partial charge in [0.05, 0.1) is 6.54 Å². The Morgan fingerprint density at radius 3 is 2.67 bits per heavy atom. The molecule has 0 saturated heterocycles. The molecule has 78 valence electrons. The Labute approximate surface area is 94.6 Å². The molecule has 1 aromatic heterocycles. The number of nitrogens with zero attached hydrogens (tertiary/aromatic N) is 1. The molecule has 3 heteroatoms. The highest BCUT2D eigenvalue weighted by Crippen LogP contribution is 2.07. The van der Waals surface area contributed by atoms with Crippen molar-refractivity contribution in [3.8, 4) is 0 Å². The van der Waals surface area contributed by atoms with Crippen LogP contribution in [-0.2, 0) is 13.0 Å². The smallest absolute Gasteiger partial charge is 0.177 e. The van der Waals surface area contributed by atoms with Crippen molar-refractivity contribution < 1.29 is 0 Å². The van der Waals surface area contributed by atoms with Gasteiger partial charge in [-0.05, 0) is 24.2 Å². The molecule has 0 amide bonds. The number of aryl methyl sites for hydroxylation is 1. The second kappa shape index (κ2) is 4.45.